The van der Waals surface area contributed by atoms with E-state index in [2.05, 4.69) is 45.7 Å². The molecule has 0 aliphatic heterocycles. The third-order valence-electron chi connectivity index (χ3n) is 2.95. The Morgan fingerprint density at radius 1 is 1.17 bits per heavy atom. The van der Waals surface area contributed by atoms with Gasteiger partial charge in [-0.05, 0) is 50.2 Å². The predicted molar refractivity (Wildman–Crippen MR) is 75.6 cm³/mol. The van der Waals surface area contributed by atoms with Crippen LogP contribution in [0.2, 0.25) is 0 Å². The molecule has 4 heteroatoms. The highest BCUT2D eigenvalue weighted by Gasteiger charge is 1.97. The van der Waals surface area contributed by atoms with Gasteiger partial charge in [0.25, 0.3) is 0 Å². The number of nitrogens with zero attached hydrogens (tertiary/aromatic N) is 1. The van der Waals surface area contributed by atoms with E-state index in [9.17, 15) is 0 Å². The van der Waals surface area contributed by atoms with Crippen molar-refractivity contribution in [3.8, 4) is 0 Å². The van der Waals surface area contributed by atoms with Crippen LogP contribution in [0.15, 0.2) is 24.5 Å². The monoisotopic (exact) mass is 246 g/mol. The summed E-state index contributed by atoms with van der Waals surface area (Å²) < 4.78 is 0. The molecule has 0 amide bonds. The number of hydrogen-bond donors (Lipinski definition) is 3. The van der Waals surface area contributed by atoms with Crippen LogP contribution in [0.4, 0.5) is 0 Å². The van der Waals surface area contributed by atoms with Crippen LogP contribution in [0, 0.1) is 0 Å². The van der Waals surface area contributed by atoms with Gasteiger partial charge in [0.1, 0.15) is 0 Å². The molecule has 0 aliphatic carbocycles. The zero-order valence-electron chi connectivity index (χ0n) is 11.0. The van der Waals surface area contributed by atoms with E-state index in [-0.39, 0.29) is 0 Å². The molecule has 0 spiro atoms. The highest BCUT2D eigenvalue weighted by molar-refractivity contribution is 5.74. The van der Waals surface area contributed by atoms with E-state index in [1.165, 1.54) is 18.4 Å². The van der Waals surface area contributed by atoms with Crippen LogP contribution in [0.3, 0.4) is 0 Å². The number of H-pyrrole nitrogens is 1. The summed E-state index contributed by atoms with van der Waals surface area (Å²) in [7, 11) is 0. The van der Waals surface area contributed by atoms with E-state index in [0.717, 1.165) is 37.2 Å². The molecule has 0 saturated carbocycles. The van der Waals surface area contributed by atoms with Crippen LogP contribution < -0.4 is 10.6 Å². The van der Waals surface area contributed by atoms with Crippen LogP contribution in [0.1, 0.15) is 25.3 Å². The fraction of sp³-hybridized carbons (Fsp3) is 0.500. The number of aromatic nitrogens is 2. The van der Waals surface area contributed by atoms with Crippen LogP contribution in [-0.2, 0) is 6.54 Å². The van der Waals surface area contributed by atoms with E-state index in [1.807, 2.05) is 0 Å². The van der Waals surface area contributed by atoms with E-state index in [4.69, 9.17) is 0 Å². The molecule has 2 rings (SSSR count). The Balaban J connectivity index is 1.67. The van der Waals surface area contributed by atoms with Crippen molar-refractivity contribution in [1.29, 1.82) is 0 Å². The summed E-state index contributed by atoms with van der Waals surface area (Å²) in [5.74, 6) is 0. The molecule has 0 saturated heterocycles. The van der Waals surface area contributed by atoms with Crippen LogP contribution in [-0.4, -0.2) is 29.6 Å². The summed E-state index contributed by atoms with van der Waals surface area (Å²) in [5.41, 5.74) is 3.44. The summed E-state index contributed by atoms with van der Waals surface area (Å²) >= 11 is 0. The fourth-order valence-corrected chi connectivity index (χ4v) is 1.97. The number of benzene rings is 1. The molecule has 18 heavy (non-hydrogen) atoms. The van der Waals surface area contributed by atoms with Crippen LogP contribution >= 0.6 is 0 Å². The highest BCUT2D eigenvalue weighted by Crippen LogP contribution is 2.11. The van der Waals surface area contributed by atoms with Crippen molar-refractivity contribution in [1.82, 2.24) is 20.6 Å². The molecule has 1 aromatic carbocycles. The van der Waals surface area contributed by atoms with E-state index < -0.39 is 0 Å². The first kappa shape index (κ1) is 13.1. The van der Waals surface area contributed by atoms with Gasteiger partial charge in [-0.3, -0.25) is 0 Å². The second-order valence-electron chi connectivity index (χ2n) is 4.53. The summed E-state index contributed by atoms with van der Waals surface area (Å²) in [5, 5.41) is 6.86. The topological polar surface area (TPSA) is 52.7 Å². The number of aromatic amines is 1. The van der Waals surface area contributed by atoms with Crippen molar-refractivity contribution in [2.75, 3.05) is 19.6 Å². The standard InChI is InChI=1S/C14H22N4/c1-2-6-15-7-3-8-16-10-12-4-5-13-14(9-12)18-11-17-13/h4-5,9,11,15-16H,2-3,6-8,10H2,1H3,(H,17,18). The van der Waals surface area contributed by atoms with Crippen molar-refractivity contribution < 1.29 is 0 Å². The molecular formula is C14H22N4. The van der Waals surface area contributed by atoms with E-state index in [0.29, 0.717) is 0 Å². The summed E-state index contributed by atoms with van der Waals surface area (Å²) in [6.45, 7) is 6.38. The highest BCUT2D eigenvalue weighted by atomic mass is 14.9. The number of fused-ring (bicyclic) bond motifs is 1. The molecule has 0 bridgehead atoms. The smallest absolute Gasteiger partial charge is 0.0931 e. The molecule has 2 aromatic rings. The average molecular weight is 246 g/mol. The molecule has 0 radical (unpaired) electrons. The summed E-state index contributed by atoms with van der Waals surface area (Å²) in [4.78, 5) is 7.35. The number of imidazole rings is 1. The predicted octanol–water partition coefficient (Wildman–Crippen LogP) is 2.04. The number of nitrogens with one attached hydrogen (secondary N) is 3. The Kier molecular flexibility index (Phi) is 5.17. The minimum absolute atomic E-state index is 0.919. The van der Waals surface area contributed by atoms with Crippen LogP contribution in [0.5, 0.6) is 0 Å². The first-order chi connectivity index (χ1) is 8.90. The Labute approximate surface area is 108 Å². The third-order valence-corrected chi connectivity index (χ3v) is 2.95. The van der Waals surface area contributed by atoms with Gasteiger partial charge >= 0.3 is 0 Å². The van der Waals surface area contributed by atoms with Gasteiger partial charge in [0.15, 0.2) is 0 Å². The minimum atomic E-state index is 0.919. The normalized spacial score (nSPS) is 11.2. The lowest BCUT2D eigenvalue weighted by molar-refractivity contribution is 0.592. The minimum Gasteiger partial charge on any atom is -0.345 e. The molecule has 0 aliphatic rings. The van der Waals surface area contributed by atoms with Crippen molar-refractivity contribution in [3.63, 3.8) is 0 Å². The zero-order valence-corrected chi connectivity index (χ0v) is 11.0. The van der Waals surface area contributed by atoms with Gasteiger partial charge in [0.05, 0.1) is 17.4 Å². The lowest BCUT2D eigenvalue weighted by atomic mass is 10.2. The molecule has 1 aromatic heterocycles. The van der Waals surface area contributed by atoms with E-state index >= 15 is 0 Å². The summed E-state index contributed by atoms with van der Waals surface area (Å²) in [6.07, 6.45) is 4.12. The van der Waals surface area contributed by atoms with Crippen molar-refractivity contribution in [3.05, 3.63) is 30.1 Å². The third kappa shape index (κ3) is 3.82. The Bertz CT molecular complexity index is 464. The maximum Gasteiger partial charge on any atom is 0.0931 e. The average Bonchev–Trinajstić information content (AvgIpc) is 2.85. The molecule has 0 atom stereocenters. The first-order valence-corrected chi connectivity index (χ1v) is 6.73. The first-order valence-electron chi connectivity index (χ1n) is 6.73. The maximum atomic E-state index is 4.21. The number of rotatable bonds is 8. The largest absolute Gasteiger partial charge is 0.345 e. The molecule has 4 nitrogen and oxygen atoms in total. The van der Waals surface area contributed by atoms with Gasteiger partial charge in [-0.2, -0.15) is 0 Å². The van der Waals surface area contributed by atoms with Crippen molar-refractivity contribution >= 4 is 11.0 Å². The molecule has 1 heterocycles. The maximum absolute atomic E-state index is 4.21. The van der Waals surface area contributed by atoms with Gasteiger partial charge in [0.2, 0.25) is 0 Å². The molecule has 3 N–H and O–H groups in total. The van der Waals surface area contributed by atoms with Gasteiger partial charge < -0.3 is 15.6 Å². The quantitative estimate of drug-likeness (QED) is 0.625. The zero-order chi connectivity index (χ0) is 12.6. The second kappa shape index (κ2) is 7.13. The lowest BCUT2D eigenvalue weighted by Gasteiger charge is -2.06. The van der Waals surface area contributed by atoms with Crippen molar-refractivity contribution in [2.24, 2.45) is 0 Å². The Morgan fingerprint density at radius 2 is 2.06 bits per heavy atom. The second-order valence-corrected chi connectivity index (χ2v) is 4.53. The Morgan fingerprint density at radius 3 is 2.94 bits per heavy atom. The molecule has 0 fully saturated rings. The fourth-order valence-electron chi connectivity index (χ4n) is 1.97. The van der Waals surface area contributed by atoms with Gasteiger partial charge in [0, 0.05) is 6.54 Å². The van der Waals surface area contributed by atoms with Gasteiger partial charge in [-0.25, -0.2) is 4.98 Å². The van der Waals surface area contributed by atoms with Gasteiger partial charge in [-0.15, -0.1) is 0 Å². The molecule has 98 valence electrons. The van der Waals surface area contributed by atoms with E-state index in [1.54, 1.807) is 6.33 Å². The number of hydrogen-bond acceptors (Lipinski definition) is 3. The lowest BCUT2D eigenvalue weighted by Crippen LogP contribution is -2.22. The van der Waals surface area contributed by atoms with Crippen LogP contribution in [0.25, 0.3) is 11.0 Å². The summed E-state index contributed by atoms with van der Waals surface area (Å²) in [6, 6.07) is 6.35. The SMILES string of the molecule is CCCNCCCNCc1ccc2nc[nH]c2c1. The molecular weight excluding hydrogens is 224 g/mol. The Hall–Kier alpha value is -1.39. The molecule has 0 unspecified atom stereocenters. The van der Waals surface area contributed by atoms with Crippen molar-refractivity contribution in [2.45, 2.75) is 26.3 Å². The van der Waals surface area contributed by atoms with Gasteiger partial charge in [-0.1, -0.05) is 13.0 Å².